The lowest BCUT2D eigenvalue weighted by molar-refractivity contribution is -0.148. The fourth-order valence-electron chi connectivity index (χ4n) is 5.30. The summed E-state index contributed by atoms with van der Waals surface area (Å²) >= 11 is 0. The number of fused-ring (bicyclic) bond motifs is 3. The monoisotopic (exact) mass is 478 g/mol. The molecule has 1 saturated carbocycles. The van der Waals surface area contributed by atoms with Crippen molar-refractivity contribution in [2.75, 3.05) is 19.7 Å². The molecule has 35 heavy (non-hydrogen) atoms. The normalized spacial score (nSPS) is 15.8. The summed E-state index contributed by atoms with van der Waals surface area (Å²) in [5.41, 5.74) is 3.97. The number of carbonyl (C=O) groups excluding carboxylic acids is 2. The van der Waals surface area contributed by atoms with Gasteiger partial charge in [-0.25, -0.2) is 4.79 Å². The van der Waals surface area contributed by atoms with Gasteiger partial charge in [-0.15, -0.1) is 0 Å². The fraction of sp³-hybridized carbons (Fsp3) is 0.464. The maximum atomic E-state index is 12.2. The Kier molecular flexibility index (Phi) is 8.06. The van der Waals surface area contributed by atoms with Crippen LogP contribution in [0.1, 0.15) is 68.4 Å². The first kappa shape index (κ1) is 24.8. The van der Waals surface area contributed by atoms with Gasteiger partial charge in [-0.1, -0.05) is 67.8 Å². The van der Waals surface area contributed by atoms with E-state index in [9.17, 15) is 19.5 Å². The van der Waals surface area contributed by atoms with Crippen molar-refractivity contribution >= 4 is 18.0 Å². The molecule has 4 rings (SSSR count). The number of hydrogen-bond acceptors (Lipinski definition) is 4. The molecule has 0 saturated heterocycles. The van der Waals surface area contributed by atoms with Crippen LogP contribution in [0.2, 0.25) is 0 Å². The number of rotatable bonds is 11. The van der Waals surface area contributed by atoms with E-state index in [1.165, 1.54) is 22.3 Å². The van der Waals surface area contributed by atoms with Crippen LogP contribution in [0.5, 0.6) is 0 Å². The summed E-state index contributed by atoms with van der Waals surface area (Å²) in [5, 5.41) is 15.1. The molecule has 0 atom stereocenters. The van der Waals surface area contributed by atoms with Crippen LogP contribution in [-0.4, -0.2) is 42.8 Å². The summed E-state index contributed by atoms with van der Waals surface area (Å²) < 4.78 is 5.53. The quantitative estimate of drug-likeness (QED) is 0.401. The summed E-state index contributed by atoms with van der Waals surface area (Å²) in [6.07, 6.45) is 5.22. The zero-order chi connectivity index (χ0) is 24.7. The molecular formula is C28H34N2O5. The molecule has 0 bridgehead atoms. The first-order valence-corrected chi connectivity index (χ1v) is 12.6. The number of amides is 2. The highest BCUT2D eigenvalue weighted by Gasteiger charge is 2.41. The summed E-state index contributed by atoms with van der Waals surface area (Å²) in [4.78, 5) is 35.9. The number of ether oxygens (including phenoxy) is 1. The minimum Gasteiger partial charge on any atom is -0.481 e. The average molecular weight is 479 g/mol. The van der Waals surface area contributed by atoms with E-state index in [4.69, 9.17) is 4.74 Å². The predicted molar refractivity (Wildman–Crippen MR) is 133 cm³/mol. The summed E-state index contributed by atoms with van der Waals surface area (Å²) in [6, 6.07) is 16.5. The minimum atomic E-state index is -0.811. The molecule has 2 amide bonds. The molecule has 3 N–H and O–H groups in total. The van der Waals surface area contributed by atoms with Gasteiger partial charge in [0.25, 0.3) is 0 Å². The average Bonchev–Trinajstić information content (AvgIpc) is 3.47. The van der Waals surface area contributed by atoms with Gasteiger partial charge >= 0.3 is 12.1 Å². The molecule has 0 aliphatic heterocycles. The summed E-state index contributed by atoms with van der Waals surface area (Å²) in [6.45, 7) is 0.989. The lowest BCUT2D eigenvalue weighted by Gasteiger charge is -2.23. The molecule has 2 aromatic rings. The molecule has 7 heteroatoms. The second kappa shape index (κ2) is 11.4. The van der Waals surface area contributed by atoms with Crippen LogP contribution < -0.4 is 10.6 Å². The van der Waals surface area contributed by atoms with Gasteiger partial charge in [-0.2, -0.15) is 0 Å². The third-order valence-corrected chi connectivity index (χ3v) is 7.33. The molecule has 7 nitrogen and oxygen atoms in total. The molecule has 0 radical (unpaired) electrons. The van der Waals surface area contributed by atoms with Gasteiger partial charge in [0.15, 0.2) is 0 Å². The van der Waals surface area contributed by atoms with Crippen molar-refractivity contribution in [2.45, 2.75) is 57.3 Å². The minimum absolute atomic E-state index is 0.0381. The standard InChI is InChI=1S/C28H34N2O5/c31-25(30-19-28(26(32)33)15-7-8-16-28)14-2-1-9-17-29-27(34)35-18-24-22-12-5-3-10-20(22)21-11-4-6-13-23(21)24/h3-6,10-13,24H,1-2,7-9,14-19H2,(H,29,34)(H,30,31)(H,32,33). The van der Waals surface area contributed by atoms with Crippen molar-refractivity contribution in [1.82, 2.24) is 10.6 Å². The lowest BCUT2D eigenvalue weighted by atomic mass is 9.86. The van der Waals surface area contributed by atoms with Crippen molar-refractivity contribution in [3.8, 4) is 11.1 Å². The van der Waals surface area contributed by atoms with Crippen molar-refractivity contribution in [1.29, 1.82) is 0 Å². The van der Waals surface area contributed by atoms with Crippen molar-refractivity contribution in [2.24, 2.45) is 5.41 Å². The number of carboxylic acid groups (broad SMARTS) is 1. The van der Waals surface area contributed by atoms with Crippen LogP contribution in [0, 0.1) is 5.41 Å². The number of carbonyl (C=O) groups is 3. The molecular weight excluding hydrogens is 444 g/mol. The van der Waals surface area contributed by atoms with Gasteiger partial charge in [0.1, 0.15) is 6.61 Å². The second-order valence-corrected chi connectivity index (χ2v) is 9.63. The molecule has 1 fully saturated rings. The molecule has 2 aromatic carbocycles. The second-order valence-electron chi connectivity index (χ2n) is 9.63. The zero-order valence-corrected chi connectivity index (χ0v) is 20.1. The van der Waals surface area contributed by atoms with Gasteiger partial charge < -0.3 is 20.5 Å². The van der Waals surface area contributed by atoms with E-state index in [2.05, 4.69) is 34.9 Å². The number of carboxylic acids is 1. The van der Waals surface area contributed by atoms with E-state index in [0.29, 0.717) is 32.2 Å². The first-order chi connectivity index (χ1) is 17.0. The number of unbranched alkanes of at least 4 members (excludes halogenated alkanes) is 2. The maximum absolute atomic E-state index is 12.2. The summed E-state index contributed by atoms with van der Waals surface area (Å²) in [7, 11) is 0. The molecule has 0 unspecified atom stereocenters. The molecule has 0 aromatic heterocycles. The number of aliphatic carboxylic acids is 1. The number of hydrogen-bond donors (Lipinski definition) is 3. The first-order valence-electron chi connectivity index (χ1n) is 12.6. The SMILES string of the molecule is O=C(CCCCCNC(=O)OCC1c2ccccc2-c2ccccc21)NCC1(C(=O)O)CCCC1. The number of alkyl carbamates (subject to hydrolysis) is 1. The highest BCUT2D eigenvalue weighted by atomic mass is 16.5. The Balaban J connectivity index is 1.11. The van der Waals surface area contributed by atoms with Gasteiger partial charge in [-0.05, 0) is 47.9 Å². The Morgan fingerprint density at radius 3 is 2.14 bits per heavy atom. The van der Waals surface area contributed by atoms with E-state index >= 15 is 0 Å². The van der Waals surface area contributed by atoms with E-state index in [-0.39, 0.29) is 25.0 Å². The van der Waals surface area contributed by atoms with Gasteiger partial charge in [0.05, 0.1) is 5.41 Å². The Morgan fingerprint density at radius 2 is 1.51 bits per heavy atom. The molecule has 0 spiro atoms. The van der Waals surface area contributed by atoms with E-state index in [1.807, 2.05) is 24.3 Å². The molecule has 2 aliphatic rings. The van der Waals surface area contributed by atoms with E-state index < -0.39 is 17.5 Å². The van der Waals surface area contributed by atoms with Crippen molar-refractivity contribution in [3.05, 3.63) is 59.7 Å². The van der Waals surface area contributed by atoms with Crippen LogP contribution in [0.15, 0.2) is 48.5 Å². The number of benzene rings is 2. The zero-order valence-electron chi connectivity index (χ0n) is 20.1. The highest BCUT2D eigenvalue weighted by molar-refractivity contribution is 5.80. The van der Waals surface area contributed by atoms with Crippen molar-refractivity contribution in [3.63, 3.8) is 0 Å². The van der Waals surface area contributed by atoms with Crippen LogP contribution in [-0.2, 0) is 14.3 Å². The van der Waals surface area contributed by atoms with Crippen LogP contribution in [0.3, 0.4) is 0 Å². The Bertz CT molecular complexity index is 1020. The van der Waals surface area contributed by atoms with Gasteiger partial charge in [0, 0.05) is 25.4 Å². The third-order valence-electron chi connectivity index (χ3n) is 7.33. The fourth-order valence-corrected chi connectivity index (χ4v) is 5.30. The third kappa shape index (κ3) is 5.84. The number of nitrogens with one attached hydrogen (secondary N) is 2. The predicted octanol–water partition coefficient (Wildman–Crippen LogP) is 4.85. The Labute approximate surface area is 206 Å². The smallest absolute Gasteiger partial charge is 0.407 e. The maximum Gasteiger partial charge on any atom is 0.407 e. The van der Waals surface area contributed by atoms with Crippen molar-refractivity contribution < 1.29 is 24.2 Å². The Hall–Kier alpha value is -3.35. The van der Waals surface area contributed by atoms with Crippen LogP contribution in [0.4, 0.5) is 4.79 Å². The van der Waals surface area contributed by atoms with Crippen LogP contribution in [0.25, 0.3) is 11.1 Å². The molecule has 0 heterocycles. The van der Waals surface area contributed by atoms with E-state index in [1.54, 1.807) is 0 Å². The molecule has 2 aliphatic carbocycles. The lowest BCUT2D eigenvalue weighted by Crippen LogP contribution is -2.41. The molecule has 186 valence electrons. The Morgan fingerprint density at radius 1 is 0.886 bits per heavy atom. The largest absolute Gasteiger partial charge is 0.481 e. The van der Waals surface area contributed by atoms with Gasteiger partial charge in [0.2, 0.25) is 5.91 Å². The van der Waals surface area contributed by atoms with E-state index in [0.717, 1.165) is 25.7 Å². The summed E-state index contributed by atoms with van der Waals surface area (Å²) in [5.74, 6) is -0.882. The highest BCUT2D eigenvalue weighted by Crippen LogP contribution is 2.44. The topological polar surface area (TPSA) is 105 Å². The van der Waals surface area contributed by atoms with Crippen LogP contribution >= 0.6 is 0 Å². The van der Waals surface area contributed by atoms with Gasteiger partial charge in [-0.3, -0.25) is 9.59 Å².